The quantitative estimate of drug-likeness (QED) is 0.907. The van der Waals surface area contributed by atoms with E-state index in [1.54, 1.807) is 14.1 Å². The summed E-state index contributed by atoms with van der Waals surface area (Å²) in [6.45, 7) is 0. The Balaban J connectivity index is 1.82. The van der Waals surface area contributed by atoms with Gasteiger partial charge in [-0.3, -0.25) is 14.7 Å². The minimum Gasteiger partial charge on any atom is -0.343 e. The summed E-state index contributed by atoms with van der Waals surface area (Å²) in [6.07, 6.45) is 6.71. The van der Waals surface area contributed by atoms with E-state index < -0.39 is 6.03 Å². The lowest BCUT2D eigenvalue weighted by Gasteiger charge is -2.09. The highest BCUT2D eigenvalue weighted by molar-refractivity contribution is 7.16. The number of nitriles is 1. The van der Waals surface area contributed by atoms with Gasteiger partial charge in [-0.25, -0.2) is 9.78 Å². The molecular formula is C16H17N5O2S. The van der Waals surface area contributed by atoms with Gasteiger partial charge in [0, 0.05) is 25.2 Å². The minimum atomic E-state index is -0.435. The van der Waals surface area contributed by atoms with E-state index in [4.69, 9.17) is 0 Å². The van der Waals surface area contributed by atoms with E-state index in [1.165, 1.54) is 38.2 Å². The summed E-state index contributed by atoms with van der Waals surface area (Å²) in [6, 6.07) is 1.77. The number of carbonyl (C=O) groups is 2. The highest BCUT2D eigenvalue weighted by Crippen LogP contribution is 2.37. The van der Waals surface area contributed by atoms with Gasteiger partial charge in [-0.2, -0.15) is 5.26 Å². The third-order valence-electron chi connectivity index (χ3n) is 3.95. The maximum atomic E-state index is 12.4. The number of fused-ring (bicyclic) bond motifs is 1. The molecule has 0 bridgehead atoms. The SMILES string of the molecule is CN(C)C(=O)c1cn(C(=O)Nc2sc3c(c2C#N)CCCC3)cn1. The van der Waals surface area contributed by atoms with Crippen LogP contribution < -0.4 is 5.32 Å². The lowest BCUT2D eigenvalue weighted by atomic mass is 9.96. The predicted octanol–water partition coefficient (Wildman–Crippen LogP) is 2.48. The first-order valence-electron chi connectivity index (χ1n) is 7.63. The number of nitrogens with zero attached hydrogens (tertiary/aromatic N) is 4. The van der Waals surface area contributed by atoms with E-state index >= 15 is 0 Å². The Hall–Kier alpha value is -2.66. The van der Waals surface area contributed by atoms with Gasteiger partial charge in [0.25, 0.3) is 5.91 Å². The molecule has 0 aliphatic heterocycles. The number of imidazole rings is 1. The number of aromatic nitrogens is 2. The monoisotopic (exact) mass is 343 g/mol. The minimum absolute atomic E-state index is 0.195. The number of thiophene rings is 1. The van der Waals surface area contributed by atoms with E-state index in [-0.39, 0.29) is 11.6 Å². The molecule has 7 nitrogen and oxygen atoms in total. The average Bonchev–Trinajstić information content (AvgIpc) is 3.18. The van der Waals surface area contributed by atoms with E-state index in [1.807, 2.05) is 0 Å². The summed E-state index contributed by atoms with van der Waals surface area (Å²) in [5, 5.41) is 12.8. The Morgan fingerprint density at radius 2 is 2.12 bits per heavy atom. The molecule has 0 radical (unpaired) electrons. The number of aryl methyl sites for hydroxylation is 1. The largest absolute Gasteiger partial charge is 0.343 e. The van der Waals surface area contributed by atoms with Crippen LogP contribution in [0.1, 0.15) is 39.3 Å². The topological polar surface area (TPSA) is 91.0 Å². The van der Waals surface area contributed by atoms with Crippen LogP contribution in [0.4, 0.5) is 9.80 Å². The van der Waals surface area contributed by atoms with Crippen LogP contribution in [-0.4, -0.2) is 40.5 Å². The zero-order chi connectivity index (χ0) is 17.3. The summed E-state index contributed by atoms with van der Waals surface area (Å²) in [7, 11) is 3.24. The fraction of sp³-hybridized carbons (Fsp3) is 0.375. The van der Waals surface area contributed by atoms with E-state index in [0.29, 0.717) is 10.6 Å². The molecule has 0 atom stereocenters. The second-order valence-corrected chi connectivity index (χ2v) is 6.93. The Labute approximate surface area is 143 Å². The molecule has 0 fully saturated rings. The van der Waals surface area contributed by atoms with Crippen LogP contribution in [0.5, 0.6) is 0 Å². The lowest BCUT2D eigenvalue weighted by Crippen LogP contribution is -2.22. The van der Waals surface area contributed by atoms with Crippen molar-refractivity contribution in [3.8, 4) is 6.07 Å². The highest BCUT2D eigenvalue weighted by Gasteiger charge is 2.22. The van der Waals surface area contributed by atoms with Crippen LogP contribution >= 0.6 is 11.3 Å². The first kappa shape index (κ1) is 16.2. The molecule has 24 heavy (non-hydrogen) atoms. The normalized spacial score (nSPS) is 13.0. The number of amides is 2. The van der Waals surface area contributed by atoms with Gasteiger partial charge in [-0.05, 0) is 31.2 Å². The highest BCUT2D eigenvalue weighted by atomic mass is 32.1. The number of hydrogen-bond acceptors (Lipinski definition) is 5. The molecule has 3 rings (SSSR count). The average molecular weight is 343 g/mol. The molecule has 0 saturated heterocycles. The Morgan fingerprint density at radius 1 is 1.38 bits per heavy atom. The van der Waals surface area contributed by atoms with Crippen molar-refractivity contribution in [1.29, 1.82) is 5.26 Å². The van der Waals surface area contributed by atoms with Gasteiger partial charge in [-0.1, -0.05) is 0 Å². The van der Waals surface area contributed by atoms with Gasteiger partial charge < -0.3 is 4.90 Å². The van der Waals surface area contributed by atoms with Crippen molar-refractivity contribution in [3.63, 3.8) is 0 Å². The number of hydrogen-bond donors (Lipinski definition) is 1. The van der Waals surface area contributed by atoms with Crippen molar-refractivity contribution in [2.75, 3.05) is 19.4 Å². The van der Waals surface area contributed by atoms with Gasteiger partial charge >= 0.3 is 6.03 Å². The third-order valence-corrected chi connectivity index (χ3v) is 5.15. The predicted molar refractivity (Wildman–Crippen MR) is 90.3 cm³/mol. The van der Waals surface area contributed by atoms with Gasteiger partial charge in [0.05, 0.1) is 5.56 Å². The summed E-state index contributed by atoms with van der Waals surface area (Å²) < 4.78 is 1.22. The number of anilines is 1. The van der Waals surface area contributed by atoms with Gasteiger partial charge in [0.15, 0.2) is 0 Å². The Kier molecular flexibility index (Phi) is 4.36. The Bertz CT molecular complexity index is 843. The van der Waals surface area contributed by atoms with E-state index in [2.05, 4.69) is 16.4 Å². The van der Waals surface area contributed by atoms with E-state index in [0.717, 1.165) is 31.2 Å². The zero-order valence-electron chi connectivity index (χ0n) is 13.5. The molecule has 8 heteroatoms. The maximum absolute atomic E-state index is 12.4. The second kappa shape index (κ2) is 6.45. The molecule has 1 N–H and O–H groups in total. The molecule has 2 aromatic rings. The summed E-state index contributed by atoms with van der Waals surface area (Å²) >= 11 is 1.46. The fourth-order valence-electron chi connectivity index (χ4n) is 2.71. The molecule has 1 aliphatic carbocycles. The van der Waals surface area contributed by atoms with Crippen molar-refractivity contribution < 1.29 is 9.59 Å². The molecule has 2 amide bonds. The molecule has 124 valence electrons. The first-order chi connectivity index (χ1) is 11.5. The summed E-state index contributed by atoms with van der Waals surface area (Å²) in [4.78, 5) is 30.8. The van der Waals surface area contributed by atoms with Crippen molar-refractivity contribution in [2.24, 2.45) is 0 Å². The molecule has 2 aromatic heterocycles. The van der Waals surface area contributed by atoms with Crippen LogP contribution in [0.2, 0.25) is 0 Å². The van der Waals surface area contributed by atoms with Crippen molar-refractivity contribution in [2.45, 2.75) is 25.7 Å². The Morgan fingerprint density at radius 3 is 2.83 bits per heavy atom. The number of carbonyl (C=O) groups excluding carboxylic acids is 2. The maximum Gasteiger partial charge on any atom is 0.331 e. The molecule has 0 aromatic carbocycles. The van der Waals surface area contributed by atoms with Crippen molar-refractivity contribution in [3.05, 3.63) is 34.2 Å². The summed E-state index contributed by atoms with van der Waals surface area (Å²) in [5.74, 6) is -0.272. The molecule has 0 saturated carbocycles. The molecule has 2 heterocycles. The fourth-order valence-corrected chi connectivity index (χ4v) is 3.94. The first-order valence-corrected chi connectivity index (χ1v) is 8.44. The molecular weight excluding hydrogens is 326 g/mol. The molecule has 0 spiro atoms. The third kappa shape index (κ3) is 2.90. The van der Waals surface area contributed by atoms with Gasteiger partial charge in [0.1, 0.15) is 23.1 Å². The van der Waals surface area contributed by atoms with Gasteiger partial charge in [-0.15, -0.1) is 11.3 Å². The van der Waals surface area contributed by atoms with Crippen LogP contribution in [0.25, 0.3) is 0 Å². The standard InChI is InChI=1S/C16H17N5O2S/c1-20(2)15(22)12-8-21(9-18-12)16(23)19-14-11(7-17)10-5-3-4-6-13(10)24-14/h8-9H,3-6H2,1-2H3,(H,19,23). The van der Waals surface area contributed by atoms with Crippen LogP contribution in [0.15, 0.2) is 12.5 Å². The molecule has 1 aliphatic rings. The number of nitrogens with one attached hydrogen (secondary N) is 1. The van der Waals surface area contributed by atoms with Crippen molar-refractivity contribution >= 4 is 28.3 Å². The lowest BCUT2D eigenvalue weighted by molar-refractivity contribution is 0.0822. The van der Waals surface area contributed by atoms with Crippen LogP contribution in [-0.2, 0) is 12.8 Å². The van der Waals surface area contributed by atoms with E-state index in [9.17, 15) is 14.9 Å². The zero-order valence-corrected chi connectivity index (χ0v) is 14.3. The van der Waals surface area contributed by atoms with Crippen LogP contribution in [0, 0.1) is 11.3 Å². The summed E-state index contributed by atoms with van der Waals surface area (Å²) in [5.41, 5.74) is 1.83. The number of rotatable bonds is 2. The van der Waals surface area contributed by atoms with Crippen molar-refractivity contribution in [1.82, 2.24) is 14.5 Å². The second-order valence-electron chi connectivity index (χ2n) is 5.82. The van der Waals surface area contributed by atoms with Crippen LogP contribution in [0.3, 0.4) is 0 Å². The smallest absolute Gasteiger partial charge is 0.331 e. The van der Waals surface area contributed by atoms with Gasteiger partial charge in [0.2, 0.25) is 0 Å². The molecule has 0 unspecified atom stereocenters.